The van der Waals surface area contributed by atoms with E-state index in [2.05, 4.69) is 27.3 Å². The summed E-state index contributed by atoms with van der Waals surface area (Å²) >= 11 is 1.58. The molecule has 4 rings (SSSR count). The monoisotopic (exact) mass is 377 g/mol. The molecule has 0 fully saturated rings. The third-order valence-corrected chi connectivity index (χ3v) is 4.32. The number of benzene rings is 1. The van der Waals surface area contributed by atoms with Gasteiger partial charge in [0.2, 0.25) is 17.7 Å². The van der Waals surface area contributed by atoms with E-state index in [9.17, 15) is 4.79 Å². The minimum absolute atomic E-state index is 0.287. The fourth-order valence-corrected chi connectivity index (χ4v) is 3.03. The highest BCUT2D eigenvalue weighted by Crippen LogP contribution is 2.28. The van der Waals surface area contributed by atoms with Crippen molar-refractivity contribution in [3.63, 3.8) is 0 Å². The number of nitrogens with one attached hydrogen (secondary N) is 2. The van der Waals surface area contributed by atoms with Gasteiger partial charge in [-0.2, -0.15) is 16.3 Å². The fraction of sp³-hybridized carbons (Fsp3) is 0. The number of thiophene rings is 1. The molecule has 134 valence electrons. The van der Waals surface area contributed by atoms with E-state index in [0.29, 0.717) is 23.3 Å². The summed E-state index contributed by atoms with van der Waals surface area (Å²) in [5, 5.41) is 14.2. The Bertz CT molecular complexity index is 1100. The van der Waals surface area contributed by atoms with E-state index >= 15 is 0 Å². The first-order valence-electron chi connectivity index (χ1n) is 8.07. The molecule has 3 aromatic heterocycles. The second-order valence-electron chi connectivity index (χ2n) is 5.54. The lowest BCUT2D eigenvalue weighted by molar-refractivity contribution is -0.111. The Kier molecular flexibility index (Phi) is 4.54. The van der Waals surface area contributed by atoms with Gasteiger partial charge in [0.05, 0.1) is 5.69 Å². The highest BCUT2D eigenvalue weighted by molar-refractivity contribution is 7.08. The summed E-state index contributed by atoms with van der Waals surface area (Å²) in [5.41, 5.74) is 2.24. The molecule has 27 heavy (non-hydrogen) atoms. The Morgan fingerprint density at radius 1 is 1.22 bits per heavy atom. The number of carbonyl (C=O) groups is 1. The topological polar surface area (TPSA) is 80.5 Å². The highest BCUT2D eigenvalue weighted by atomic mass is 32.1. The SMILES string of the molecule is C=CC(=O)Nc1cccc(Oc2nc(Nc3ccsc3)nn3cccc23)c1. The lowest BCUT2D eigenvalue weighted by Gasteiger charge is -2.10. The third kappa shape index (κ3) is 3.80. The quantitative estimate of drug-likeness (QED) is 0.485. The van der Waals surface area contributed by atoms with Crippen molar-refractivity contribution in [1.29, 1.82) is 0 Å². The highest BCUT2D eigenvalue weighted by Gasteiger charge is 2.11. The van der Waals surface area contributed by atoms with Gasteiger partial charge in [0.25, 0.3) is 0 Å². The van der Waals surface area contributed by atoms with Crippen LogP contribution in [0.15, 0.2) is 72.1 Å². The van der Waals surface area contributed by atoms with Crippen LogP contribution >= 0.6 is 11.3 Å². The van der Waals surface area contributed by atoms with Gasteiger partial charge in [0, 0.05) is 23.3 Å². The van der Waals surface area contributed by atoms with Crippen LogP contribution in [0.4, 0.5) is 17.3 Å². The zero-order chi connectivity index (χ0) is 18.6. The summed E-state index contributed by atoms with van der Waals surface area (Å²) in [6, 6.07) is 12.7. The molecule has 1 amide bonds. The molecule has 0 saturated heterocycles. The minimum atomic E-state index is -0.287. The van der Waals surface area contributed by atoms with Crippen molar-refractivity contribution in [1.82, 2.24) is 14.6 Å². The molecule has 7 nitrogen and oxygen atoms in total. The lowest BCUT2D eigenvalue weighted by Crippen LogP contribution is -2.07. The molecular weight excluding hydrogens is 362 g/mol. The molecule has 4 aromatic rings. The Morgan fingerprint density at radius 2 is 2.15 bits per heavy atom. The second-order valence-corrected chi connectivity index (χ2v) is 6.32. The maximum absolute atomic E-state index is 11.5. The van der Waals surface area contributed by atoms with Crippen LogP contribution in [0.5, 0.6) is 11.6 Å². The normalized spacial score (nSPS) is 10.5. The second kappa shape index (κ2) is 7.30. The van der Waals surface area contributed by atoms with Crippen molar-refractivity contribution in [2.75, 3.05) is 10.6 Å². The van der Waals surface area contributed by atoms with Gasteiger partial charge in [-0.25, -0.2) is 4.52 Å². The van der Waals surface area contributed by atoms with Crippen LogP contribution in [0.1, 0.15) is 0 Å². The maximum Gasteiger partial charge on any atom is 0.248 e. The molecule has 3 heterocycles. The zero-order valence-corrected chi connectivity index (χ0v) is 14.9. The Labute approximate surface area is 158 Å². The first-order valence-corrected chi connectivity index (χ1v) is 9.01. The number of rotatable bonds is 6. The minimum Gasteiger partial charge on any atom is -0.437 e. The van der Waals surface area contributed by atoms with Gasteiger partial charge in [0.1, 0.15) is 11.3 Å². The van der Waals surface area contributed by atoms with E-state index in [4.69, 9.17) is 4.74 Å². The standard InChI is InChI=1S/C19H15N5O2S/c1-2-17(25)20-13-5-3-6-15(11-13)26-18-16-7-4-9-24(16)23-19(22-18)21-14-8-10-27-12-14/h2-12H,1H2,(H,20,25)(H,21,23). The van der Waals surface area contributed by atoms with Crippen molar-refractivity contribution in [2.45, 2.75) is 0 Å². The van der Waals surface area contributed by atoms with E-state index in [-0.39, 0.29) is 5.91 Å². The molecule has 0 aliphatic heterocycles. The van der Waals surface area contributed by atoms with Gasteiger partial charge in [-0.3, -0.25) is 4.79 Å². The van der Waals surface area contributed by atoms with Gasteiger partial charge in [-0.15, -0.1) is 5.10 Å². The van der Waals surface area contributed by atoms with Crippen molar-refractivity contribution < 1.29 is 9.53 Å². The van der Waals surface area contributed by atoms with Crippen LogP contribution in [0.3, 0.4) is 0 Å². The summed E-state index contributed by atoms with van der Waals surface area (Å²) in [6.45, 7) is 3.45. The van der Waals surface area contributed by atoms with Crippen molar-refractivity contribution >= 4 is 40.1 Å². The molecule has 0 radical (unpaired) electrons. The molecule has 0 saturated carbocycles. The molecule has 0 atom stereocenters. The molecule has 0 unspecified atom stereocenters. The van der Waals surface area contributed by atoms with Crippen LogP contribution in [-0.4, -0.2) is 20.5 Å². The number of hydrogen-bond donors (Lipinski definition) is 2. The summed E-state index contributed by atoms with van der Waals surface area (Å²) in [5.74, 6) is 1.08. The van der Waals surface area contributed by atoms with E-state index in [1.807, 2.05) is 35.2 Å². The van der Waals surface area contributed by atoms with Crippen molar-refractivity contribution in [3.05, 3.63) is 72.1 Å². The smallest absolute Gasteiger partial charge is 0.248 e. The first kappa shape index (κ1) is 16.8. The molecule has 1 aromatic carbocycles. The van der Waals surface area contributed by atoms with Crippen LogP contribution < -0.4 is 15.4 Å². The number of ether oxygens (including phenoxy) is 1. The van der Waals surface area contributed by atoms with Gasteiger partial charge < -0.3 is 15.4 Å². The first-order chi connectivity index (χ1) is 13.2. The van der Waals surface area contributed by atoms with Gasteiger partial charge in [0.15, 0.2) is 0 Å². The zero-order valence-electron chi connectivity index (χ0n) is 14.1. The number of hydrogen-bond acceptors (Lipinski definition) is 6. The molecule has 0 aliphatic carbocycles. The number of carbonyl (C=O) groups excluding carboxylic acids is 1. The largest absolute Gasteiger partial charge is 0.437 e. The average molecular weight is 377 g/mol. The van der Waals surface area contributed by atoms with Gasteiger partial charge >= 0.3 is 0 Å². The molecule has 2 N–H and O–H groups in total. The molecule has 0 aliphatic rings. The number of aromatic nitrogens is 3. The van der Waals surface area contributed by atoms with Crippen LogP contribution in [0.2, 0.25) is 0 Å². The Morgan fingerprint density at radius 3 is 2.96 bits per heavy atom. The van der Waals surface area contributed by atoms with Crippen molar-refractivity contribution in [3.8, 4) is 11.6 Å². The Balaban J connectivity index is 1.65. The predicted octanol–water partition coefficient (Wildman–Crippen LogP) is 4.45. The van der Waals surface area contributed by atoms with E-state index in [0.717, 1.165) is 11.2 Å². The lowest BCUT2D eigenvalue weighted by atomic mass is 10.3. The Hall–Kier alpha value is -3.65. The average Bonchev–Trinajstić information content (AvgIpc) is 3.34. The van der Waals surface area contributed by atoms with E-state index in [1.54, 1.807) is 40.1 Å². The number of nitrogens with zero attached hydrogens (tertiary/aromatic N) is 3. The molecule has 0 bridgehead atoms. The molecular formula is C19H15N5O2S. The molecule has 8 heteroatoms. The van der Waals surface area contributed by atoms with Crippen molar-refractivity contribution in [2.24, 2.45) is 0 Å². The fourth-order valence-electron chi connectivity index (χ4n) is 2.44. The summed E-state index contributed by atoms with van der Waals surface area (Å²) in [7, 11) is 0. The van der Waals surface area contributed by atoms with Crippen LogP contribution in [0.25, 0.3) is 5.52 Å². The number of fused-ring (bicyclic) bond motifs is 1. The van der Waals surface area contributed by atoms with Crippen LogP contribution in [0, 0.1) is 0 Å². The van der Waals surface area contributed by atoms with Gasteiger partial charge in [-0.05, 0) is 41.8 Å². The van der Waals surface area contributed by atoms with E-state index < -0.39 is 0 Å². The van der Waals surface area contributed by atoms with Gasteiger partial charge in [-0.1, -0.05) is 12.6 Å². The number of amides is 1. The molecule has 0 spiro atoms. The summed E-state index contributed by atoms with van der Waals surface area (Å²) in [4.78, 5) is 16.0. The predicted molar refractivity (Wildman–Crippen MR) is 106 cm³/mol. The maximum atomic E-state index is 11.5. The number of anilines is 3. The van der Waals surface area contributed by atoms with E-state index in [1.165, 1.54) is 6.08 Å². The summed E-state index contributed by atoms with van der Waals surface area (Å²) in [6.07, 6.45) is 3.04. The summed E-state index contributed by atoms with van der Waals surface area (Å²) < 4.78 is 7.67. The third-order valence-electron chi connectivity index (χ3n) is 3.64. The van der Waals surface area contributed by atoms with Crippen LogP contribution in [-0.2, 0) is 4.79 Å².